The third kappa shape index (κ3) is 3.25. The summed E-state index contributed by atoms with van der Waals surface area (Å²) in [6, 6.07) is 37.5. The smallest absolute Gasteiger partial charge is 0.0826 e. The second-order valence-corrected chi connectivity index (χ2v) is 9.99. The van der Waals surface area contributed by atoms with E-state index in [1.54, 1.807) is 0 Å². The summed E-state index contributed by atoms with van der Waals surface area (Å²) in [5.74, 6) is 0. The molecule has 0 bridgehead atoms. The maximum Gasteiger partial charge on any atom is 0.0826 e. The Labute approximate surface area is 215 Å². The van der Waals surface area contributed by atoms with E-state index in [0.29, 0.717) is 12.3 Å². The van der Waals surface area contributed by atoms with Crippen LogP contribution < -0.4 is 0 Å². The lowest BCUT2D eigenvalue weighted by molar-refractivity contribution is 0.350. The van der Waals surface area contributed by atoms with Crippen molar-refractivity contribution in [1.29, 1.82) is 0 Å². The Kier molecular flexibility index (Phi) is 4.56. The van der Waals surface area contributed by atoms with Gasteiger partial charge in [-0.25, -0.2) is 0 Å². The molecule has 7 rings (SSSR count). The van der Waals surface area contributed by atoms with Gasteiger partial charge < -0.3 is 9.13 Å². The molecule has 0 saturated heterocycles. The van der Waals surface area contributed by atoms with Crippen molar-refractivity contribution in [3.63, 3.8) is 0 Å². The third-order valence-electron chi connectivity index (χ3n) is 7.97. The molecule has 2 heterocycles. The molecule has 0 unspecified atom stereocenters. The Morgan fingerprint density at radius 3 is 1.39 bits per heavy atom. The van der Waals surface area contributed by atoms with Crippen LogP contribution in [0.3, 0.4) is 0 Å². The molecule has 4 aromatic carbocycles. The predicted octanol–water partition coefficient (Wildman–Crippen LogP) is 8.82. The lowest BCUT2D eigenvalue weighted by Crippen LogP contribution is -2.30. The first-order valence-electron chi connectivity index (χ1n) is 14.0. The second kappa shape index (κ2) is 8.57. The van der Waals surface area contributed by atoms with E-state index in [-0.39, 0.29) is 0 Å². The Balaban J connectivity index is 1.60. The van der Waals surface area contributed by atoms with Crippen molar-refractivity contribution >= 4 is 21.8 Å². The zero-order valence-corrected chi connectivity index (χ0v) is 20.3. The SMILES string of the molecule is [2H]c1c(C2(c3c([2H])n(-c4ccccc4)c4ccccc34)CCCCC2)c2ccccc2n1-c1ccccc1. The molecule has 6 aromatic rings. The van der Waals surface area contributed by atoms with E-state index in [1.165, 1.54) is 6.42 Å². The molecular weight excluding hydrogens is 436 g/mol. The van der Waals surface area contributed by atoms with Crippen LogP contribution >= 0.6 is 0 Å². The average molecular weight is 469 g/mol. The molecule has 1 aliphatic carbocycles. The van der Waals surface area contributed by atoms with E-state index in [2.05, 4.69) is 81.9 Å². The Morgan fingerprint density at radius 1 is 0.500 bits per heavy atom. The maximum absolute atomic E-state index is 9.67. The molecule has 1 fully saturated rings. The number of hydrogen-bond acceptors (Lipinski definition) is 0. The van der Waals surface area contributed by atoms with Crippen LogP contribution in [0.2, 0.25) is 0 Å². The largest absolute Gasteiger partial charge is 0.316 e. The van der Waals surface area contributed by atoms with Crippen LogP contribution in [0.25, 0.3) is 33.2 Å². The zero-order valence-electron chi connectivity index (χ0n) is 22.3. The molecule has 2 aromatic heterocycles. The molecule has 0 radical (unpaired) electrons. The van der Waals surface area contributed by atoms with Crippen LogP contribution in [0.1, 0.15) is 46.0 Å². The number of aromatic nitrogens is 2. The highest BCUT2D eigenvalue weighted by atomic mass is 15.0. The van der Waals surface area contributed by atoms with Crippen LogP contribution in [-0.4, -0.2) is 9.13 Å². The van der Waals surface area contributed by atoms with Crippen molar-refractivity contribution < 1.29 is 2.74 Å². The highest BCUT2D eigenvalue weighted by Gasteiger charge is 2.40. The summed E-state index contributed by atoms with van der Waals surface area (Å²) in [6.45, 7) is 0. The molecule has 0 N–H and O–H groups in total. The minimum atomic E-state index is -0.411. The summed E-state index contributed by atoms with van der Waals surface area (Å²) in [4.78, 5) is 0. The Morgan fingerprint density at radius 2 is 0.917 bits per heavy atom. The van der Waals surface area contributed by atoms with E-state index in [4.69, 9.17) is 0 Å². The number of rotatable bonds is 4. The molecule has 1 saturated carbocycles. The first-order chi connectivity index (χ1) is 18.7. The summed E-state index contributed by atoms with van der Waals surface area (Å²) >= 11 is 0. The van der Waals surface area contributed by atoms with Gasteiger partial charge in [0, 0.05) is 39.9 Å². The fourth-order valence-electron chi connectivity index (χ4n) is 6.30. The Hall–Kier alpha value is -4.04. The lowest BCUT2D eigenvalue weighted by atomic mass is 9.65. The number of nitrogens with zero attached hydrogens (tertiary/aromatic N) is 2. The van der Waals surface area contributed by atoms with Crippen LogP contribution in [0, 0.1) is 0 Å². The van der Waals surface area contributed by atoms with Gasteiger partial charge in [0.1, 0.15) is 0 Å². The minimum Gasteiger partial charge on any atom is -0.316 e. The minimum absolute atomic E-state index is 0.411. The van der Waals surface area contributed by atoms with Crippen LogP contribution in [0.4, 0.5) is 0 Å². The molecule has 36 heavy (non-hydrogen) atoms. The van der Waals surface area contributed by atoms with Crippen LogP contribution in [0.5, 0.6) is 0 Å². The molecule has 1 aliphatic rings. The van der Waals surface area contributed by atoms with E-state index in [9.17, 15) is 2.74 Å². The van der Waals surface area contributed by atoms with Gasteiger partial charge in [-0.05, 0) is 60.4 Å². The quantitative estimate of drug-likeness (QED) is 0.245. The highest BCUT2D eigenvalue weighted by molar-refractivity contribution is 5.91. The van der Waals surface area contributed by atoms with Gasteiger partial charge in [-0.3, -0.25) is 0 Å². The van der Waals surface area contributed by atoms with Gasteiger partial charge in [0.25, 0.3) is 0 Å². The van der Waals surface area contributed by atoms with Gasteiger partial charge >= 0.3 is 0 Å². The predicted molar refractivity (Wildman–Crippen MR) is 150 cm³/mol. The van der Waals surface area contributed by atoms with Gasteiger partial charge in [0.15, 0.2) is 0 Å². The molecule has 2 nitrogen and oxygen atoms in total. The summed E-state index contributed by atoms with van der Waals surface area (Å²) in [5.41, 5.74) is 5.85. The molecule has 176 valence electrons. The van der Waals surface area contributed by atoms with E-state index >= 15 is 0 Å². The fraction of sp³-hybridized carbons (Fsp3) is 0.176. The summed E-state index contributed by atoms with van der Waals surface area (Å²) < 4.78 is 23.5. The summed E-state index contributed by atoms with van der Waals surface area (Å²) in [6.07, 6.45) is 6.33. The van der Waals surface area contributed by atoms with Gasteiger partial charge in [0.2, 0.25) is 0 Å². The van der Waals surface area contributed by atoms with Gasteiger partial charge in [0.05, 0.1) is 13.8 Å². The summed E-state index contributed by atoms with van der Waals surface area (Å²) in [7, 11) is 0. The Bertz CT molecular complexity index is 1630. The number of para-hydroxylation sites is 4. The first-order valence-corrected chi connectivity index (χ1v) is 13.0. The number of fused-ring (bicyclic) bond motifs is 2. The van der Waals surface area contributed by atoms with Gasteiger partial charge in [-0.15, -0.1) is 0 Å². The summed E-state index contributed by atoms with van der Waals surface area (Å²) in [5, 5.41) is 2.25. The monoisotopic (exact) mass is 468 g/mol. The molecular formula is C34H30N2. The maximum atomic E-state index is 9.67. The van der Waals surface area contributed by atoms with Crippen molar-refractivity contribution in [2.24, 2.45) is 0 Å². The average Bonchev–Trinajstić information content (AvgIpc) is 3.45. The van der Waals surface area contributed by atoms with Crippen molar-refractivity contribution in [3.05, 3.63) is 133 Å². The molecule has 2 heteroatoms. The van der Waals surface area contributed by atoms with Gasteiger partial charge in [-0.1, -0.05) is 92.1 Å². The highest BCUT2D eigenvalue weighted by Crippen LogP contribution is 2.50. The topological polar surface area (TPSA) is 9.86 Å². The molecule has 0 atom stereocenters. The van der Waals surface area contributed by atoms with Crippen molar-refractivity contribution in [3.8, 4) is 11.4 Å². The molecule has 0 aliphatic heterocycles. The fourth-order valence-corrected chi connectivity index (χ4v) is 6.30. The lowest BCUT2D eigenvalue weighted by Gasteiger charge is -2.37. The number of hydrogen-bond donors (Lipinski definition) is 0. The van der Waals surface area contributed by atoms with Crippen molar-refractivity contribution in [2.45, 2.75) is 37.5 Å². The third-order valence-corrected chi connectivity index (χ3v) is 7.97. The van der Waals surface area contributed by atoms with E-state index in [0.717, 1.165) is 70.0 Å². The zero-order chi connectivity index (χ0) is 25.7. The second-order valence-electron chi connectivity index (χ2n) is 9.99. The first kappa shape index (κ1) is 19.2. The van der Waals surface area contributed by atoms with Crippen LogP contribution in [0.15, 0.2) is 122 Å². The standard InChI is InChI=1S/C34H30N2/c1-4-14-26(15-5-1)35-24-30(28-18-8-10-20-32(28)35)34(22-12-3-13-23-34)31-25-36(27-16-6-2-7-17-27)33-21-11-9-19-29(31)33/h1-2,4-11,14-21,24-25H,3,12-13,22-23H2/i24D,25D. The van der Waals surface area contributed by atoms with Crippen molar-refractivity contribution in [2.75, 3.05) is 0 Å². The van der Waals surface area contributed by atoms with E-state index in [1.807, 2.05) is 36.4 Å². The molecule has 0 spiro atoms. The van der Waals surface area contributed by atoms with Crippen molar-refractivity contribution in [1.82, 2.24) is 9.13 Å². The van der Waals surface area contributed by atoms with Gasteiger partial charge in [-0.2, -0.15) is 0 Å². The molecule has 0 amide bonds. The van der Waals surface area contributed by atoms with Crippen LogP contribution in [-0.2, 0) is 5.41 Å². The normalized spacial score (nSPS) is 16.2. The number of benzene rings is 4. The van der Waals surface area contributed by atoms with E-state index < -0.39 is 5.41 Å².